The monoisotopic (exact) mass is 485 g/mol. The predicted molar refractivity (Wildman–Crippen MR) is 136 cm³/mol. The molecule has 1 aliphatic heterocycles. The number of benzene rings is 1. The zero-order valence-electron chi connectivity index (χ0n) is 21.2. The summed E-state index contributed by atoms with van der Waals surface area (Å²) in [5.41, 5.74) is 1.43. The van der Waals surface area contributed by atoms with Gasteiger partial charge in [0.1, 0.15) is 12.1 Å². The van der Waals surface area contributed by atoms with Crippen molar-refractivity contribution in [1.82, 2.24) is 20.9 Å². The summed E-state index contributed by atoms with van der Waals surface area (Å²) in [6.45, 7) is 9.41. The van der Waals surface area contributed by atoms with Crippen LogP contribution in [0.15, 0.2) is 36.9 Å². The minimum Gasteiger partial charge on any atom is -0.350 e. The molecule has 0 radical (unpaired) electrons. The minimum atomic E-state index is -0.667. The minimum absolute atomic E-state index is 0.0987. The molecule has 1 fully saturated rings. The van der Waals surface area contributed by atoms with Crippen molar-refractivity contribution in [1.29, 1.82) is 0 Å². The van der Waals surface area contributed by atoms with E-state index in [1.54, 1.807) is 37.1 Å². The molecule has 0 spiro atoms. The number of carbonyl (C=O) groups is 4. The fourth-order valence-electron chi connectivity index (χ4n) is 4.15. The van der Waals surface area contributed by atoms with Crippen LogP contribution in [-0.4, -0.2) is 59.7 Å². The molecule has 0 aliphatic carbocycles. The summed E-state index contributed by atoms with van der Waals surface area (Å²) in [4.78, 5) is 52.3. The first kappa shape index (κ1) is 28.0. The predicted octanol–water partition coefficient (Wildman–Crippen LogP) is 2.09. The number of nitrogens with zero attached hydrogens (tertiary/aromatic N) is 1. The van der Waals surface area contributed by atoms with Gasteiger partial charge in [-0.25, -0.2) is 0 Å². The average Bonchev–Trinajstić information content (AvgIpc) is 3.25. The standard InChI is InChI=1S/C26H39N5O4/c1-6-8-12-21(30-24(33)18(4)27-5)26(35)31-17(3)13-14-22(31)25(34)28-16-19-10-9-11-20(15-19)29-23(32)7-2/h7,9-11,15,17-18,21-22,27H,2,6,8,12-14,16H2,1,3-5H3,(H,28,34)(H,29,32)(H,30,33)/t17-,18-,21-,22-/m0/s1. The molecule has 1 aromatic rings. The number of likely N-dealkylation sites (tertiary alicyclic amines) is 1. The fourth-order valence-corrected chi connectivity index (χ4v) is 4.15. The van der Waals surface area contributed by atoms with Crippen LogP contribution in [0.4, 0.5) is 5.69 Å². The zero-order valence-corrected chi connectivity index (χ0v) is 21.2. The number of nitrogens with one attached hydrogen (secondary N) is 4. The average molecular weight is 486 g/mol. The second-order valence-electron chi connectivity index (χ2n) is 9.01. The molecule has 35 heavy (non-hydrogen) atoms. The first-order valence-electron chi connectivity index (χ1n) is 12.3. The summed E-state index contributed by atoms with van der Waals surface area (Å²) in [6, 6.07) is 5.40. The molecular weight excluding hydrogens is 446 g/mol. The molecule has 4 atom stereocenters. The third-order valence-electron chi connectivity index (χ3n) is 6.36. The number of rotatable bonds is 12. The van der Waals surface area contributed by atoms with Crippen LogP contribution >= 0.6 is 0 Å². The van der Waals surface area contributed by atoms with Gasteiger partial charge in [-0.15, -0.1) is 0 Å². The molecule has 9 heteroatoms. The second-order valence-corrected chi connectivity index (χ2v) is 9.01. The molecule has 0 unspecified atom stereocenters. The van der Waals surface area contributed by atoms with Crippen LogP contribution < -0.4 is 21.3 Å². The largest absolute Gasteiger partial charge is 0.350 e. The van der Waals surface area contributed by atoms with E-state index in [0.29, 0.717) is 24.9 Å². The molecule has 1 saturated heterocycles. The van der Waals surface area contributed by atoms with Crippen LogP contribution in [0, 0.1) is 0 Å². The van der Waals surface area contributed by atoms with E-state index in [2.05, 4.69) is 27.8 Å². The van der Waals surface area contributed by atoms with E-state index in [0.717, 1.165) is 18.4 Å². The molecule has 1 aromatic carbocycles. The third-order valence-corrected chi connectivity index (χ3v) is 6.36. The molecule has 4 amide bonds. The Labute approximate surface area is 208 Å². The molecule has 9 nitrogen and oxygen atoms in total. The van der Waals surface area contributed by atoms with Crippen molar-refractivity contribution >= 4 is 29.3 Å². The van der Waals surface area contributed by atoms with Gasteiger partial charge >= 0.3 is 0 Å². The Kier molecular flexibility index (Phi) is 10.9. The van der Waals surface area contributed by atoms with Crippen LogP contribution in [-0.2, 0) is 25.7 Å². The molecular formula is C26H39N5O4. The lowest BCUT2D eigenvalue weighted by Gasteiger charge is -2.32. The Morgan fingerprint density at radius 2 is 1.97 bits per heavy atom. The Morgan fingerprint density at radius 1 is 1.23 bits per heavy atom. The molecule has 0 saturated carbocycles. The Balaban J connectivity index is 2.09. The van der Waals surface area contributed by atoms with Crippen molar-refractivity contribution in [3.63, 3.8) is 0 Å². The maximum absolute atomic E-state index is 13.5. The highest BCUT2D eigenvalue weighted by atomic mass is 16.2. The number of hydrogen-bond donors (Lipinski definition) is 4. The van der Waals surface area contributed by atoms with E-state index in [9.17, 15) is 19.2 Å². The van der Waals surface area contributed by atoms with Crippen molar-refractivity contribution in [2.75, 3.05) is 12.4 Å². The number of carbonyl (C=O) groups excluding carboxylic acids is 4. The van der Waals surface area contributed by atoms with Crippen LogP contribution in [0.1, 0.15) is 58.4 Å². The Bertz CT molecular complexity index is 919. The summed E-state index contributed by atoms with van der Waals surface area (Å²) < 4.78 is 0. The van der Waals surface area contributed by atoms with Crippen LogP contribution in [0.2, 0.25) is 0 Å². The quantitative estimate of drug-likeness (QED) is 0.338. The molecule has 1 aliphatic rings. The lowest BCUT2D eigenvalue weighted by atomic mass is 10.1. The maximum Gasteiger partial charge on any atom is 0.247 e. The van der Waals surface area contributed by atoms with Gasteiger partial charge in [0, 0.05) is 18.3 Å². The lowest BCUT2D eigenvalue weighted by molar-refractivity contribution is -0.143. The van der Waals surface area contributed by atoms with Gasteiger partial charge in [0.15, 0.2) is 0 Å². The third kappa shape index (κ3) is 7.92. The molecule has 2 rings (SSSR count). The van der Waals surface area contributed by atoms with Crippen molar-refractivity contribution in [3.05, 3.63) is 42.5 Å². The summed E-state index contributed by atoms with van der Waals surface area (Å²) in [5, 5.41) is 11.4. The summed E-state index contributed by atoms with van der Waals surface area (Å²) in [6.07, 6.45) is 4.69. The second kappa shape index (κ2) is 13.6. The molecule has 0 aromatic heterocycles. The van der Waals surface area contributed by atoms with Crippen molar-refractivity contribution in [2.45, 2.75) is 83.6 Å². The number of likely N-dealkylation sites (N-methyl/N-ethyl adjacent to an activating group) is 1. The molecule has 4 N–H and O–H groups in total. The first-order chi connectivity index (χ1) is 16.7. The normalized spacial score (nSPS) is 18.9. The number of hydrogen-bond acceptors (Lipinski definition) is 5. The van der Waals surface area contributed by atoms with Gasteiger partial charge in [-0.3, -0.25) is 19.2 Å². The van der Waals surface area contributed by atoms with Gasteiger partial charge < -0.3 is 26.2 Å². The smallest absolute Gasteiger partial charge is 0.247 e. The van der Waals surface area contributed by atoms with Gasteiger partial charge in [0.2, 0.25) is 23.6 Å². The van der Waals surface area contributed by atoms with E-state index in [1.807, 2.05) is 19.9 Å². The van der Waals surface area contributed by atoms with Crippen LogP contribution in [0.25, 0.3) is 0 Å². The zero-order chi connectivity index (χ0) is 26.0. The van der Waals surface area contributed by atoms with Gasteiger partial charge in [0.05, 0.1) is 6.04 Å². The van der Waals surface area contributed by atoms with Crippen molar-refractivity contribution in [3.8, 4) is 0 Å². The maximum atomic E-state index is 13.5. The highest BCUT2D eigenvalue weighted by Gasteiger charge is 2.41. The van der Waals surface area contributed by atoms with E-state index in [1.165, 1.54) is 6.08 Å². The number of unbranched alkanes of at least 4 members (excludes halogenated alkanes) is 1. The van der Waals surface area contributed by atoms with Gasteiger partial charge in [-0.2, -0.15) is 0 Å². The van der Waals surface area contributed by atoms with E-state index < -0.39 is 18.1 Å². The first-order valence-corrected chi connectivity index (χ1v) is 12.3. The topological polar surface area (TPSA) is 120 Å². The van der Waals surface area contributed by atoms with E-state index in [-0.39, 0.29) is 36.2 Å². The Morgan fingerprint density at radius 3 is 2.63 bits per heavy atom. The van der Waals surface area contributed by atoms with Crippen molar-refractivity contribution < 1.29 is 19.2 Å². The van der Waals surface area contributed by atoms with E-state index >= 15 is 0 Å². The SMILES string of the molecule is C=CC(=O)Nc1cccc(CNC(=O)[C@@H]2CC[C@H](C)N2C(=O)[C@H](CCCC)NC(=O)[C@H](C)NC)c1. The molecule has 0 bridgehead atoms. The number of anilines is 1. The fraction of sp³-hybridized carbons (Fsp3) is 0.538. The van der Waals surface area contributed by atoms with Crippen LogP contribution in [0.5, 0.6) is 0 Å². The number of amides is 4. The Hall–Kier alpha value is -3.20. The summed E-state index contributed by atoms with van der Waals surface area (Å²) in [7, 11) is 1.69. The van der Waals surface area contributed by atoms with Crippen molar-refractivity contribution in [2.24, 2.45) is 0 Å². The lowest BCUT2D eigenvalue weighted by Crippen LogP contribution is -2.56. The van der Waals surface area contributed by atoms with Gasteiger partial charge in [-0.1, -0.05) is 38.5 Å². The molecule has 1 heterocycles. The van der Waals surface area contributed by atoms with Crippen LogP contribution in [0.3, 0.4) is 0 Å². The van der Waals surface area contributed by atoms with Gasteiger partial charge in [0.25, 0.3) is 0 Å². The highest BCUT2D eigenvalue weighted by Crippen LogP contribution is 2.26. The van der Waals surface area contributed by atoms with E-state index in [4.69, 9.17) is 0 Å². The molecule has 192 valence electrons. The van der Waals surface area contributed by atoms with Gasteiger partial charge in [-0.05, 0) is 63.9 Å². The summed E-state index contributed by atoms with van der Waals surface area (Å²) in [5.74, 6) is -0.992. The highest BCUT2D eigenvalue weighted by molar-refractivity contribution is 5.99. The summed E-state index contributed by atoms with van der Waals surface area (Å²) >= 11 is 0.